The maximum absolute atomic E-state index is 13.1. The Morgan fingerprint density at radius 3 is 2.25 bits per heavy atom. The number of benzene rings is 3. The summed E-state index contributed by atoms with van der Waals surface area (Å²) in [7, 11) is 0. The lowest BCUT2D eigenvalue weighted by molar-refractivity contribution is -0.134. The molecule has 10 heteroatoms. The monoisotopic (exact) mass is 611 g/mol. The van der Waals surface area contributed by atoms with Crippen molar-refractivity contribution >= 4 is 62.3 Å². The zero-order valence-electron chi connectivity index (χ0n) is 21.2. The summed E-state index contributed by atoms with van der Waals surface area (Å²) in [5.74, 6) is -1.17. The number of para-hydroxylation sites is 1. The first kappa shape index (κ1) is 27.0. The number of amidine groups is 2. The fourth-order valence-electron chi connectivity index (χ4n) is 4.11. The Morgan fingerprint density at radius 1 is 0.975 bits per heavy atom. The molecule has 40 heavy (non-hydrogen) atoms. The number of nitrogens with zero attached hydrogens (tertiary/aromatic N) is 4. The van der Waals surface area contributed by atoms with E-state index in [2.05, 4.69) is 20.9 Å². The number of thioether (sulfide) groups is 1. The van der Waals surface area contributed by atoms with Gasteiger partial charge in [0.1, 0.15) is 5.84 Å². The van der Waals surface area contributed by atoms with Crippen LogP contribution in [0, 0.1) is 5.41 Å². The van der Waals surface area contributed by atoms with Gasteiger partial charge < -0.3 is 5.11 Å². The zero-order chi connectivity index (χ0) is 28.2. The topological polar surface area (TPSA) is 112 Å². The van der Waals surface area contributed by atoms with Crippen LogP contribution in [0.3, 0.4) is 0 Å². The van der Waals surface area contributed by atoms with E-state index < -0.39 is 11.9 Å². The summed E-state index contributed by atoms with van der Waals surface area (Å²) < 4.78 is 2.75. The highest BCUT2D eigenvalue weighted by Gasteiger charge is 2.36. The van der Waals surface area contributed by atoms with Crippen LogP contribution in [0.4, 0.5) is 0 Å². The molecule has 3 aromatic carbocycles. The van der Waals surface area contributed by atoms with E-state index in [1.807, 2.05) is 96.5 Å². The summed E-state index contributed by atoms with van der Waals surface area (Å²) in [5.41, 5.74) is 5.25. The van der Waals surface area contributed by atoms with Crippen LogP contribution in [0.15, 0.2) is 112 Å². The van der Waals surface area contributed by atoms with Crippen molar-refractivity contribution in [3.63, 3.8) is 0 Å². The third-order valence-electron chi connectivity index (χ3n) is 5.86. The Bertz CT molecular complexity index is 1690. The van der Waals surface area contributed by atoms with Crippen LogP contribution in [0.1, 0.15) is 18.1 Å². The van der Waals surface area contributed by atoms with Crippen LogP contribution in [-0.4, -0.2) is 42.7 Å². The molecular weight excluding hydrogens is 590 g/mol. The van der Waals surface area contributed by atoms with Crippen LogP contribution >= 0.6 is 27.7 Å². The summed E-state index contributed by atoms with van der Waals surface area (Å²) in [6, 6.07) is 27.5. The molecule has 8 nitrogen and oxygen atoms in total. The molecular formula is C30H22BrN5O3S. The van der Waals surface area contributed by atoms with Gasteiger partial charge in [-0.1, -0.05) is 88.4 Å². The molecule has 1 amide bonds. The molecule has 0 bridgehead atoms. The van der Waals surface area contributed by atoms with Gasteiger partial charge >= 0.3 is 0 Å². The number of aliphatic carboxylic acids is 1. The van der Waals surface area contributed by atoms with E-state index in [-0.39, 0.29) is 11.4 Å². The number of aliphatic imine (C=N–C) groups is 1. The standard InChI is InChI=1S/C28H18BrN5OS.C2H4O2/c29-21-13-11-19(12-14-21)25-20(16-33(32-25)22-9-5-2-6-10-22)15-23-26(30)34-24(18-7-3-1-4-8-18)17-36-28(34)31-27(23)35;1-2(3)4/h1-17,30H;1H3,(H,3,4)/b23-15-,30-26?;. The van der Waals surface area contributed by atoms with Crippen molar-refractivity contribution < 1.29 is 14.7 Å². The fraction of sp³-hybridized carbons (Fsp3) is 0.0333. The molecule has 0 saturated heterocycles. The van der Waals surface area contributed by atoms with Gasteiger partial charge in [0.05, 0.1) is 22.7 Å². The van der Waals surface area contributed by atoms with Crippen molar-refractivity contribution in [3.8, 4) is 16.9 Å². The Kier molecular flexibility index (Phi) is 7.90. The molecule has 0 saturated carbocycles. The van der Waals surface area contributed by atoms with Crippen molar-refractivity contribution in [1.82, 2.24) is 14.7 Å². The lowest BCUT2D eigenvalue weighted by Crippen LogP contribution is -2.38. The third kappa shape index (κ3) is 5.73. The molecule has 0 spiro atoms. The van der Waals surface area contributed by atoms with E-state index >= 15 is 0 Å². The summed E-state index contributed by atoms with van der Waals surface area (Å²) in [6.45, 7) is 1.08. The second kappa shape index (κ2) is 11.7. The van der Waals surface area contributed by atoms with E-state index in [0.29, 0.717) is 10.9 Å². The van der Waals surface area contributed by atoms with Gasteiger partial charge in [-0.2, -0.15) is 10.1 Å². The highest BCUT2D eigenvalue weighted by Crippen LogP contribution is 2.38. The predicted octanol–water partition coefficient (Wildman–Crippen LogP) is 6.70. The SMILES string of the molecule is CC(=O)O.N=C1/C(=C/c2cn(-c3ccccc3)nc2-c2ccc(Br)cc2)C(=O)N=C2SC=C(c3ccccc3)N12. The Labute approximate surface area is 243 Å². The van der Waals surface area contributed by atoms with Crippen LogP contribution in [-0.2, 0) is 9.59 Å². The quantitative estimate of drug-likeness (QED) is 0.248. The minimum atomic E-state index is -0.833. The molecule has 0 radical (unpaired) electrons. The van der Waals surface area contributed by atoms with E-state index in [1.54, 1.807) is 15.7 Å². The maximum atomic E-state index is 13.1. The van der Waals surface area contributed by atoms with Crippen LogP contribution in [0.5, 0.6) is 0 Å². The van der Waals surface area contributed by atoms with Gasteiger partial charge in [0.25, 0.3) is 11.9 Å². The molecule has 3 heterocycles. The Balaban J connectivity index is 0.000000758. The lowest BCUT2D eigenvalue weighted by atomic mass is 10.0. The van der Waals surface area contributed by atoms with Crippen LogP contribution in [0.2, 0.25) is 0 Å². The van der Waals surface area contributed by atoms with Gasteiger partial charge in [0, 0.05) is 34.1 Å². The molecule has 2 N–H and O–H groups in total. The second-order valence-electron chi connectivity index (χ2n) is 8.67. The molecule has 2 aliphatic heterocycles. The van der Waals surface area contributed by atoms with Crippen molar-refractivity contribution in [2.75, 3.05) is 0 Å². The molecule has 2 aliphatic rings. The second-order valence-corrected chi connectivity index (χ2v) is 10.4. The number of fused-ring (bicyclic) bond motifs is 1. The van der Waals surface area contributed by atoms with Gasteiger partial charge in [0.15, 0.2) is 5.17 Å². The van der Waals surface area contributed by atoms with Gasteiger partial charge in [-0.3, -0.25) is 19.9 Å². The van der Waals surface area contributed by atoms with Crippen molar-refractivity contribution in [3.05, 3.63) is 118 Å². The fourth-order valence-corrected chi connectivity index (χ4v) is 5.26. The Hall–Kier alpha value is -4.54. The Morgan fingerprint density at radius 2 is 1.60 bits per heavy atom. The summed E-state index contributed by atoms with van der Waals surface area (Å²) in [4.78, 5) is 28.1. The van der Waals surface area contributed by atoms with Crippen LogP contribution < -0.4 is 0 Å². The third-order valence-corrected chi connectivity index (χ3v) is 7.22. The molecule has 0 aliphatic carbocycles. The number of nitrogens with one attached hydrogen (secondary N) is 1. The maximum Gasteiger partial charge on any atom is 0.300 e. The number of rotatable bonds is 4. The average Bonchev–Trinajstić information content (AvgIpc) is 3.57. The number of aromatic nitrogens is 2. The van der Waals surface area contributed by atoms with Crippen molar-refractivity contribution in [2.24, 2.45) is 4.99 Å². The molecule has 6 rings (SSSR count). The first-order chi connectivity index (χ1) is 19.3. The number of carboxylic acids is 1. The molecule has 0 unspecified atom stereocenters. The first-order valence-corrected chi connectivity index (χ1v) is 13.8. The number of carboxylic acid groups (broad SMARTS) is 1. The molecule has 198 valence electrons. The van der Waals surface area contributed by atoms with E-state index in [0.717, 1.165) is 39.5 Å². The molecule has 0 atom stereocenters. The summed E-state index contributed by atoms with van der Waals surface area (Å²) in [6.07, 6.45) is 3.60. The normalized spacial score (nSPS) is 15.2. The van der Waals surface area contributed by atoms with Gasteiger partial charge in [-0.15, -0.1) is 0 Å². The largest absolute Gasteiger partial charge is 0.481 e. The zero-order valence-corrected chi connectivity index (χ0v) is 23.6. The van der Waals surface area contributed by atoms with Gasteiger partial charge in [-0.25, -0.2) is 4.68 Å². The minimum Gasteiger partial charge on any atom is -0.481 e. The predicted molar refractivity (Wildman–Crippen MR) is 162 cm³/mol. The minimum absolute atomic E-state index is 0.0966. The van der Waals surface area contributed by atoms with Gasteiger partial charge in [0.2, 0.25) is 0 Å². The highest BCUT2D eigenvalue weighted by molar-refractivity contribution is 9.10. The highest BCUT2D eigenvalue weighted by atomic mass is 79.9. The number of amides is 1. The smallest absolute Gasteiger partial charge is 0.300 e. The number of halogens is 1. The number of hydrogen-bond acceptors (Lipinski definition) is 5. The molecule has 1 aromatic heterocycles. The van der Waals surface area contributed by atoms with E-state index in [1.165, 1.54) is 11.8 Å². The lowest BCUT2D eigenvalue weighted by Gasteiger charge is -2.26. The average molecular weight is 613 g/mol. The molecule has 4 aromatic rings. The first-order valence-electron chi connectivity index (χ1n) is 12.1. The van der Waals surface area contributed by atoms with Gasteiger partial charge in [-0.05, 0) is 35.9 Å². The number of carbonyl (C=O) groups is 2. The van der Waals surface area contributed by atoms with Crippen molar-refractivity contribution in [2.45, 2.75) is 6.92 Å². The number of carbonyl (C=O) groups excluding carboxylic acids is 1. The summed E-state index contributed by atoms with van der Waals surface area (Å²) in [5, 5.41) is 23.7. The number of hydrogen-bond donors (Lipinski definition) is 2. The molecule has 0 fully saturated rings. The summed E-state index contributed by atoms with van der Waals surface area (Å²) >= 11 is 4.84. The van der Waals surface area contributed by atoms with E-state index in [9.17, 15) is 4.79 Å². The van der Waals surface area contributed by atoms with E-state index in [4.69, 9.17) is 20.4 Å². The van der Waals surface area contributed by atoms with Crippen LogP contribution in [0.25, 0.3) is 28.7 Å². The van der Waals surface area contributed by atoms with Crippen molar-refractivity contribution in [1.29, 1.82) is 5.41 Å².